The molecule has 1 aromatic rings. The molecule has 1 saturated carbocycles. The van der Waals surface area contributed by atoms with E-state index >= 15 is 0 Å². The number of hydroxylamine groups is 2. The summed E-state index contributed by atoms with van der Waals surface area (Å²) in [6, 6.07) is 1.91. The van der Waals surface area contributed by atoms with E-state index in [1.807, 2.05) is 26.8 Å². The van der Waals surface area contributed by atoms with Crippen LogP contribution in [0, 0.1) is 18.4 Å². The van der Waals surface area contributed by atoms with Crippen LogP contribution in [0.5, 0.6) is 0 Å². The maximum Gasteiger partial charge on any atom is 0.227 e. The van der Waals surface area contributed by atoms with E-state index in [1.165, 1.54) is 0 Å². The molecule has 1 saturated heterocycles. The van der Waals surface area contributed by atoms with Crippen LogP contribution in [-0.2, 0) is 14.3 Å². The van der Waals surface area contributed by atoms with E-state index in [-0.39, 0.29) is 17.3 Å². The van der Waals surface area contributed by atoms with Crippen LogP contribution in [0.4, 0.5) is 11.4 Å². The molecule has 0 aromatic carbocycles. The third-order valence-electron chi connectivity index (χ3n) is 5.23. The number of pyridine rings is 1. The number of aromatic nitrogens is 1. The summed E-state index contributed by atoms with van der Waals surface area (Å²) in [5, 5.41) is 2.05. The number of piperazine rings is 1. The molecule has 0 unspecified atom stereocenters. The van der Waals surface area contributed by atoms with Gasteiger partial charge in [-0.3, -0.25) is 9.82 Å². The molecule has 0 spiro atoms. The molecule has 2 fully saturated rings. The largest absolute Gasteiger partial charge is 0.377 e. The SMILES string of the molecule is [C-]#[N+]c1cnc(C#CCOC(C)(C)C)cc1N1CCN(OC2CC(OC(C)(C)C)C2)CC1. The van der Waals surface area contributed by atoms with Crippen molar-refractivity contribution in [1.29, 1.82) is 0 Å². The van der Waals surface area contributed by atoms with Crippen LogP contribution in [0.15, 0.2) is 12.3 Å². The van der Waals surface area contributed by atoms with Crippen LogP contribution in [0.25, 0.3) is 4.85 Å². The highest BCUT2D eigenvalue weighted by molar-refractivity contribution is 5.71. The van der Waals surface area contributed by atoms with Crippen molar-refractivity contribution in [2.24, 2.45) is 0 Å². The second-order valence-electron chi connectivity index (χ2n) is 10.3. The first-order chi connectivity index (χ1) is 15.0. The minimum Gasteiger partial charge on any atom is -0.377 e. The molecule has 0 atom stereocenters. The van der Waals surface area contributed by atoms with Crippen LogP contribution in [0.2, 0.25) is 0 Å². The van der Waals surface area contributed by atoms with Gasteiger partial charge in [-0.1, -0.05) is 5.92 Å². The van der Waals surface area contributed by atoms with Gasteiger partial charge in [-0.05, 0) is 53.5 Å². The van der Waals surface area contributed by atoms with E-state index in [0.717, 1.165) is 44.7 Å². The van der Waals surface area contributed by atoms with Gasteiger partial charge in [0, 0.05) is 50.9 Å². The molecule has 174 valence electrons. The minimum absolute atomic E-state index is 0.102. The Kier molecular flexibility index (Phi) is 7.79. The maximum atomic E-state index is 7.51. The fraction of sp³-hybridized carbons (Fsp3) is 0.680. The molecule has 2 heterocycles. The Balaban J connectivity index is 1.51. The van der Waals surface area contributed by atoms with Crippen LogP contribution >= 0.6 is 0 Å². The van der Waals surface area contributed by atoms with Gasteiger partial charge in [0.05, 0.1) is 30.0 Å². The molecule has 2 aliphatic rings. The molecule has 1 aliphatic carbocycles. The third-order valence-corrected chi connectivity index (χ3v) is 5.23. The van der Waals surface area contributed by atoms with E-state index in [0.29, 0.717) is 24.1 Å². The molecule has 0 bridgehead atoms. The molecular formula is C25H36N4O3. The van der Waals surface area contributed by atoms with Crippen molar-refractivity contribution >= 4 is 11.4 Å². The molecular weight excluding hydrogens is 404 g/mol. The fourth-order valence-electron chi connectivity index (χ4n) is 3.67. The van der Waals surface area contributed by atoms with Crippen molar-refractivity contribution in [1.82, 2.24) is 10.0 Å². The van der Waals surface area contributed by atoms with Gasteiger partial charge in [0.25, 0.3) is 0 Å². The monoisotopic (exact) mass is 440 g/mol. The molecule has 1 aliphatic heterocycles. The first-order valence-electron chi connectivity index (χ1n) is 11.4. The second-order valence-corrected chi connectivity index (χ2v) is 10.3. The normalized spacial score (nSPS) is 22.0. The smallest absolute Gasteiger partial charge is 0.227 e. The third kappa shape index (κ3) is 7.46. The van der Waals surface area contributed by atoms with Gasteiger partial charge in [-0.15, -0.1) is 0 Å². The standard InChI is InChI=1S/C25H36N4O3/c1-24(2,3)30-14-8-9-19-15-23(22(26-7)18-27-19)28-10-12-29(13-11-28)32-21-16-20(17-21)31-25(4,5)6/h15,18,20-21H,10-14,16-17H2,1-6H3. The predicted molar refractivity (Wildman–Crippen MR) is 126 cm³/mol. The summed E-state index contributed by atoms with van der Waals surface area (Å²) >= 11 is 0. The summed E-state index contributed by atoms with van der Waals surface area (Å²) in [5.41, 5.74) is 1.77. The van der Waals surface area contributed by atoms with Crippen LogP contribution < -0.4 is 4.90 Å². The highest BCUT2D eigenvalue weighted by Crippen LogP contribution is 2.32. The molecule has 0 N–H and O–H groups in total. The Morgan fingerprint density at radius 2 is 1.75 bits per heavy atom. The van der Waals surface area contributed by atoms with E-state index in [9.17, 15) is 0 Å². The molecule has 0 radical (unpaired) electrons. The lowest BCUT2D eigenvalue weighted by molar-refractivity contribution is -0.250. The lowest BCUT2D eigenvalue weighted by Crippen LogP contribution is -2.50. The Morgan fingerprint density at radius 1 is 1.06 bits per heavy atom. The second kappa shape index (κ2) is 10.2. The van der Waals surface area contributed by atoms with Crippen LogP contribution in [-0.4, -0.2) is 66.2 Å². The lowest BCUT2D eigenvalue weighted by Gasteiger charge is -2.43. The Hall–Kier alpha value is -2.16. The zero-order valence-electron chi connectivity index (χ0n) is 20.3. The average Bonchev–Trinajstić information content (AvgIpc) is 2.68. The average molecular weight is 441 g/mol. The topological polar surface area (TPSA) is 51.4 Å². The van der Waals surface area contributed by atoms with Gasteiger partial charge in [0.1, 0.15) is 12.3 Å². The van der Waals surface area contributed by atoms with Gasteiger partial charge in [0.2, 0.25) is 5.69 Å². The first-order valence-corrected chi connectivity index (χ1v) is 11.4. The predicted octanol–water partition coefficient (Wildman–Crippen LogP) is 4.20. The van der Waals surface area contributed by atoms with Crippen molar-refractivity contribution in [2.75, 3.05) is 37.7 Å². The number of hydrogen-bond acceptors (Lipinski definition) is 6. The van der Waals surface area contributed by atoms with Crippen molar-refractivity contribution < 1.29 is 14.3 Å². The molecule has 7 heteroatoms. The summed E-state index contributed by atoms with van der Waals surface area (Å²) in [7, 11) is 0. The molecule has 3 rings (SSSR count). The zero-order valence-corrected chi connectivity index (χ0v) is 20.3. The van der Waals surface area contributed by atoms with Crippen molar-refractivity contribution in [3.63, 3.8) is 0 Å². The van der Waals surface area contributed by atoms with Gasteiger partial charge >= 0.3 is 0 Å². The Morgan fingerprint density at radius 3 is 2.34 bits per heavy atom. The molecule has 32 heavy (non-hydrogen) atoms. The van der Waals surface area contributed by atoms with Gasteiger partial charge < -0.3 is 14.4 Å². The van der Waals surface area contributed by atoms with Crippen LogP contribution in [0.3, 0.4) is 0 Å². The number of anilines is 1. The minimum atomic E-state index is -0.219. The number of nitrogens with zero attached hydrogens (tertiary/aromatic N) is 4. The van der Waals surface area contributed by atoms with Crippen molar-refractivity contribution in [3.05, 3.63) is 29.4 Å². The van der Waals surface area contributed by atoms with E-state index in [2.05, 4.69) is 52.4 Å². The van der Waals surface area contributed by atoms with E-state index < -0.39 is 0 Å². The van der Waals surface area contributed by atoms with Crippen LogP contribution in [0.1, 0.15) is 60.1 Å². The summed E-state index contributed by atoms with van der Waals surface area (Å²) in [6.07, 6.45) is 4.05. The van der Waals surface area contributed by atoms with E-state index in [4.69, 9.17) is 20.9 Å². The number of hydrogen-bond donors (Lipinski definition) is 0. The Labute approximate surface area is 192 Å². The quantitative estimate of drug-likeness (QED) is 0.505. The zero-order chi connectivity index (χ0) is 23.4. The maximum absolute atomic E-state index is 7.51. The summed E-state index contributed by atoms with van der Waals surface area (Å²) < 4.78 is 11.6. The van der Waals surface area contributed by atoms with E-state index in [1.54, 1.807) is 6.20 Å². The van der Waals surface area contributed by atoms with Gasteiger partial charge in [-0.25, -0.2) is 4.85 Å². The lowest BCUT2D eigenvalue weighted by atomic mass is 9.91. The van der Waals surface area contributed by atoms with Gasteiger partial charge in [0.15, 0.2) is 0 Å². The summed E-state index contributed by atoms with van der Waals surface area (Å²) in [5.74, 6) is 6.07. The van der Waals surface area contributed by atoms with Crippen molar-refractivity contribution in [2.45, 2.75) is 77.8 Å². The summed E-state index contributed by atoms with van der Waals surface area (Å²) in [4.78, 5) is 16.4. The highest BCUT2D eigenvalue weighted by Gasteiger charge is 2.35. The van der Waals surface area contributed by atoms with Crippen molar-refractivity contribution in [3.8, 4) is 11.8 Å². The molecule has 0 amide bonds. The number of ether oxygens (including phenoxy) is 2. The fourth-order valence-corrected chi connectivity index (χ4v) is 3.67. The number of rotatable bonds is 5. The first kappa shape index (κ1) is 24.5. The highest BCUT2D eigenvalue weighted by atomic mass is 16.7. The molecule has 7 nitrogen and oxygen atoms in total. The Bertz CT molecular complexity index is 872. The van der Waals surface area contributed by atoms with Gasteiger partial charge in [-0.2, -0.15) is 5.06 Å². The summed E-state index contributed by atoms with van der Waals surface area (Å²) in [6.45, 7) is 23.3. The molecule has 1 aromatic heterocycles.